The van der Waals surface area contributed by atoms with Gasteiger partial charge in [-0.1, -0.05) is 54.6 Å². The molecule has 1 amide bonds. The summed E-state index contributed by atoms with van der Waals surface area (Å²) in [5.41, 5.74) is 8.45. The number of hydrogen-bond acceptors (Lipinski definition) is 3. The average Bonchev–Trinajstić information content (AvgIpc) is 2.53. The van der Waals surface area contributed by atoms with Crippen molar-refractivity contribution in [3.63, 3.8) is 0 Å². The van der Waals surface area contributed by atoms with Crippen LogP contribution < -0.4 is 11.1 Å². The minimum Gasteiger partial charge on any atom is -0.392 e. The number of aliphatic hydroxyl groups excluding tert-OH is 1. The number of hydrogen-bond donors (Lipinski definition) is 3. The van der Waals surface area contributed by atoms with Crippen molar-refractivity contribution in [3.8, 4) is 0 Å². The first-order chi connectivity index (χ1) is 9.70. The van der Waals surface area contributed by atoms with Crippen LogP contribution in [0.2, 0.25) is 0 Å². The zero-order chi connectivity index (χ0) is 14.4. The second-order valence-corrected chi connectivity index (χ2v) is 4.58. The van der Waals surface area contributed by atoms with Gasteiger partial charge in [0.25, 0.3) is 0 Å². The summed E-state index contributed by atoms with van der Waals surface area (Å²) in [5.74, 6) is -0.217. The van der Waals surface area contributed by atoms with Crippen LogP contribution in [0.3, 0.4) is 0 Å². The Labute approximate surface area is 118 Å². The van der Waals surface area contributed by atoms with Crippen LogP contribution in [0.1, 0.15) is 22.7 Å². The fourth-order valence-electron chi connectivity index (χ4n) is 1.95. The molecule has 2 aromatic carbocycles. The van der Waals surface area contributed by atoms with Gasteiger partial charge in [0, 0.05) is 6.54 Å². The molecule has 0 fully saturated rings. The van der Waals surface area contributed by atoms with E-state index in [-0.39, 0.29) is 12.5 Å². The van der Waals surface area contributed by atoms with E-state index in [1.54, 1.807) is 0 Å². The molecule has 4 N–H and O–H groups in total. The van der Waals surface area contributed by atoms with Gasteiger partial charge in [0.15, 0.2) is 0 Å². The van der Waals surface area contributed by atoms with Gasteiger partial charge in [-0.3, -0.25) is 4.79 Å². The standard InChI is InChI=1S/C16H18N2O2/c17-15(14-7-2-1-3-8-14)16(20)18-10-12-5-4-6-13(9-12)11-19/h1-9,15,19H,10-11,17H2,(H,18,20)/t15-/m0/s1. The summed E-state index contributed by atoms with van der Waals surface area (Å²) in [6, 6.07) is 16.0. The smallest absolute Gasteiger partial charge is 0.241 e. The molecule has 0 aliphatic heterocycles. The maximum absolute atomic E-state index is 12.0. The van der Waals surface area contributed by atoms with Crippen LogP contribution in [-0.4, -0.2) is 11.0 Å². The Morgan fingerprint density at radius 1 is 1.10 bits per heavy atom. The summed E-state index contributed by atoms with van der Waals surface area (Å²) >= 11 is 0. The molecule has 0 unspecified atom stereocenters. The van der Waals surface area contributed by atoms with Crippen LogP contribution in [0.4, 0.5) is 0 Å². The Hall–Kier alpha value is -2.17. The number of nitrogens with two attached hydrogens (primary N) is 1. The van der Waals surface area contributed by atoms with Gasteiger partial charge in [0.1, 0.15) is 6.04 Å². The zero-order valence-corrected chi connectivity index (χ0v) is 11.1. The molecule has 0 aromatic heterocycles. The van der Waals surface area contributed by atoms with Gasteiger partial charge in [0.05, 0.1) is 6.61 Å². The highest BCUT2D eigenvalue weighted by Gasteiger charge is 2.14. The Balaban J connectivity index is 1.95. The van der Waals surface area contributed by atoms with Crippen molar-refractivity contribution >= 4 is 5.91 Å². The Bertz CT molecular complexity index is 570. The Morgan fingerprint density at radius 3 is 2.50 bits per heavy atom. The SMILES string of the molecule is N[C@H](C(=O)NCc1cccc(CO)c1)c1ccccc1. The Kier molecular flexibility index (Phi) is 4.87. The van der Waals surface area contributed by atoms with Crippen LogP contribution in [0.15, 0.2) is 54.6 Å². The molecular formula is C16H18N2O2. The minimum absolute atomic E-state index is 0.00862. The van der Waals surface area contributed by atoms with E-state index in [0.29, 0.717) is 6.54 Å². The van der Waals surface area contributed by atoms with E-state index in [1.165, 1.54) is 0 Å². The lowest BCUT2D eigenvalue weighted by Gasteiger charge is -2.12. The highest BCUT2D eigenvalue weighted by molar-refractivity contribution is 5.82. The number of nitrogens with one attached hydrogen (secondary N) is 1. The van der Waals surface area contributed by atoms with Crippen LogP contribution in [-0.2, 0) is 17.9 Å². The first-order valence-electron chi connectivity index (χ1n) is 6.47. The fourth-order valence-corrected chi connectivity index (χ4v) is 1.95. The third-order valence-electron chi connectivity index (χ3n) is 3.08. The van der Waals surface area contributed by atoms with Gasteiger partial charge in [0.2, 0.25) is 5.91 Å². The van der Waals surface area contributed by atoms with E-state index in [1.807, 2.05) is 54.6 Å². The van der Waals surface area contributed by atoms with Crippen molar-refractivity contribution in [2.75, 3.05) is 0 Å². The van der Waals surface area contributed by atoms with Gasteiger partial charge in [-0.25, -0.2) is 0 Å². The molecule has 0 spiro atoms. The largest absolute Gasteiger partial charge is 0.392 e. The van der Waals surface area contributed by atoms with Gasteiger partial charge in [-0.05, 0) is 16.7 Å². The third-order valence-corrected chi connectivity index (χ3v) is 3.08. The summed E-state index contributed by atoms with van der Waals surface area (Å²) < 4.78 is 0. The average molecular weight is 270 g/mol. The van der Waals surface area contributed by atoms with E-state index in [9.17, 15) is 4.79 Å². The fraction of sp³-hybridized carbons (Fsp3) is 0.188. The predicted octanol–water partition coefficient (Wildman–Crippen LogP) is 1.50. The van der Waals surface area contributed by atoms with E-state index >= 15 is 0 Å². The molecule has 4 heteroatoms. The van der Waals surface area contributed by atoms with Crippen molar-refractivity contribution in [2.45, 2.75) is 19.2 Å². The highest BCUT2D eigenvalue weighted by Crippen LogP contribution is 2.10. The summed E-state index contributed by atoms with van der Waals surface area (Å²) in [7, 11) is 0. The monoisotopic (exact) mass is 270 g/mol. The first kappa shape index (κ1) is 14.2. The molecule has 0 saturated heterocycles. The summed E-state index contributed by atoms with van der Waals surface area (Å²) in [6.07, 6.45) is 0. The maximum Gasteiger partial charge on any atom is 0.241 e. The molecule has 0 aliphatic rings. The molecule has 4 nitrogen and oxygen atoms in total. The lowest BCUT2D eigenvalue weighted by molar-refractivity contribution is -0.122. The van der Waals surface area contributed by atoms with Crippen LogP contribution in [0.5, 0.6) is 0 Å². The third kappa shape index (κ3) is 3.66. The number of carbonyl (C=O) groups excluding carboxylic acids is 1. The maximum atomic E-state index is 12.0. The molecule has 104 valence electrons. The molecule has 0 aliphatic carbocycles. The molecule has 1 atom stereocenters. The quantitative estimate of drug-likeness (QED) is 0.770. The molecule has 20 heavy (non-hydrogen) atoms. The first-order valence-corrected chi connectivity index (χ1v) is 6.47. The number of carbonyl (C=O) groups is 1. The topological polar surface area (TPSA) is 75.4 Å². The van der Waals surface area contributed by atoms with E-state index in [0.717, 1.165) is 16.7 Å². The van der Waals surface area contributed by atoms with Gasteiger partial charge >= 0.3 is 0 Å². The predicted molar refractivity (Wildman–Crippen MR) is 77.6 cm³/mol. The second-order valence-electron chi connectivity index (χ2n) is 4.58. The molecule has 0 saturated carbocycles. The molecule has 2 rings (SSSR count). The number of rotatable bonds is 5. The van der Waals surface area contributed by atoms with E-state index in [2.05, 4.69) is 5.32 Å². The molecular weight excluding hydrogens is 252 g/mol. The molecule has 0 bridgehead atoms. The van der Waals surface area contributed by atoms with E-state index in [4.69, 9.17) is 10.8 Å². The summed E-state index contributed by atoms with van der Waals surface area (Å²) in [6.45, 7) is 0.387. The molecule has 2 aromatic rings. The lowest BCUT2D eigenvalue weighted by Crippen LogP contribution is -2.33. The Morgan fingerprint density at radius 2 is 1.80 bits per heavy atom. The van der Waals surface area contributed by atoms with Crippen LogP contribution in [0, 0.1) is 0 Å². The van der Waals surface area contributed by atoms with Gasteiger partial charge < -0.3 is 16.2 Å². The van der Waals surface area contributed by atoms with Gasteiger partial charge in [-0.15, -0.1) is 0 Å². The normalized spacial score (nSPS) is 11.9. The highest BCUT2D eigenvalue weighted by atomic mass is 16.3. The molecule has 0 radical (unpaired) electrons. The summed E-state index contributed by atoms with van der Waals surface area (Å²) in [4.78, 5) is 12.0. The number of amides is 1. The van der Waals surface area contributed by atoms with Crippen LogP contribution in [0.25, 0.3) is 0 Å². The minimum atomic E-state index is -0.669. The zero-order valence-electron chi connectivity index (χ0n) is 11.1. The van der Waals surface area contributed by atoms with Gasteiger partial charge in [-0.2, -0.15) is 0 Å². The second kappa shape index (κ2) is 6.84. The number of aliphatic hydroxyl groups is 1. The van der Waals surface area contributed by atoms with Crippen molar-refractivity contribution in [1.82, 2.24) is 5.32 Å². The van der Waals surface area contributed by atoms with Crippen molar-refractivity contribution in [2.24, 2.45) is 5.73 Å². The molecule has 0 heterocycles. The van der Waals surface area contributed by atoms with Crippen LogP contribution >= 0.6 is 0 Å². The van der Waals surface area contributed by atoms with Crippen molar-refractivity contribution in [1.29, 1.82) is 0 Å². The number of benzene rings is 2. The lowest BCUT2D eigenvalue weighted by atomic mass is 10.1. The summed E-state index contributed by atoms with van der Waals surface area (Å²) in [5, 5.41) is 11.9. The van der Waals surface area contributed by atoms with Crippen molar-refractivity contribution < 1.29 is 9.90 Å². The van der Waals surface area contributed by atoms with Crippen molar-refractivity contribution in [3.05, 3.63) is 71.3 Å². The van der Waals surface area contributed by atoms with E-state index < -0.39 is 6.04 Å².